The summed E-state index contributed by atoms with van der Waals surface area (Å²) >= 11 is 0. The zero-order valence-electron chi connectivity index (χ0n) is 17.8. The number of rotatable bonds is 3. The van der Waals surface area contributed by atoms with E-state index >= 15 is 0 Å². The van der Waals surface area contributed by atoms with Crippen molar-refractivity contribution in [3.63, 3.8) is 0 Å². The number of halogens is 3. The molecule has 0 radical (unpaired) electrons. The molecule has 0 fully saturated rings. The van der Waals surface area contributed by atoms with Crippen molar-refractivity contribution in [1.82, 2.24) is 34.8 Å². The summed E-state index contributed by atoms with van der Waals surface area (Å²) in [4.78, 5) is 13.7. The molecule has 9 nitrogen and oxygen atoms in total. The predicted molar refractivity (Wildman–Crippen MR) is 114 cm³/mol. The number of imidazole rings is 1. The summed E-state index contributed by atoms with van der Waals surface area (Å²) in [6.45, 7) is 2.36. The molecule has 1 aliphatic heterocycles. The van der Waals surface area contributed by atoms with Gasteiger partial charge in [-0.05, 0) is 36.8 Å². The molecule has 1 unspecified atom stereocenters. The van der Waals surface area contributed by atoms with Crippen molar-refractivity contribution in [2.45, 2.75) is 25.6 Å². The van der Waals surface area contributed by atoms with Gasteiger partial charge in [0.05, 0.1) is 28.8 Å². The standard InChI is InChI=1S/C22H17F3N8O/c1-12-4-2-7-26-17(12)20-29-30-21(34-20)32-9-6-14-18(28-11-27-14)19(32)15-10-16-13(22(23,24)25)5-3-8-33(16)31-15/h2-5,7-8,10-11,19H,6,9H2,1H3,(H,27,28). The summed E-state index contributed by atoms with van der Waals surface area (Å²) in [6.07, 6.45) is 0.801. The number of H-pyrrole nitrogens is 1. The van der Waals surface area contributed by atoms with Crippen LogP contribution in [0.15, 0.2) is 53.5 Å². The number of nitrogens with one attached hydrogen (secondary N) is 1. The quantitative estimate of drug-likeness (QED) is 0.429. The number of nitrogens with zero attached hydrogens (tertiary/aromatic N) is 7. The molecule has 0 aliphatic carbocycles. The predicted octanol–water partition coefficient (Wildman–Crippen LogP) is 3.98. The Balaban J connectivity index is 1.47. The Kier molecular flexibility index (Phi) is 4.44. The normalized spacial score (nSPS) is 16.2. The van der Waals surface area contributed by atoms with Crippen LogP contribution in [0, 0.1) is 6.92 Å². The van der Waals surface area contributed by atoms with E-state index in [0.29, 0.717) is 30.0 Å². The molecule has 34 heavy (non-hydrogen) atoms. The van der Waals surface area contributed by atoms with Gasteiger partial charge in [-0.1, -0.05) is 11.2 Å². The summed E-state index contributed by atoms with van der Waals surface area (Å²) < 4.78 is 48.0. The fraction of sp³-hybridized carbons (Fsp3) is 0.227. The average Bonchev–Trinajstić information content (AvgIpc) is 3.56. The van der Waals surface area contributed by atoms with Gasteiger partial charge in [0.2, 0.25) is 0 Å². The average molecular weight is 466 g/mol. The Bertz CT molecular complexity index is 1500. The summed E-state index contributed by atoms with van der Waals surface area (Å²) in [5.41, 5.74) is 2.57. The highest BCUT2D eigenvalue weighted by Crippen LogP contribution is 2.39. The van der Waals surface area contributed by atoms with Gasteiger partial charge in [-0.25, -0.2) is 9.50 Å². The Labute approximate surface area is 190 Å². The fourth-order valence-corrected chi connectivity index (χ4v) is 4.33. The molecule has 172 valence electrons. The lowest BCUT2D eigenvalue weighted by Gasteiger charge is -2.32. The van der Waals surface area contributed by atoms with E-state index in [1.54, 1.807) is 12.5 Å². The first-order valence-corrected chi connectivity index (χ1v) is 10.5. The molecule has 1 atom stereocenters. The van der Waals surface area contributed by atoms with Crippen molar-refractivity contribution in [3.05, 3.63) is 77.3 Å². The summed E-state index contributed by atoms with van der Waals surface area (Å²) in [6, 6.07) is 7.10. The molecular weight excluding hydrogens is 449 g/mol. The zero-order valence-corrected chi connectivity index (χ0v) is 17.8. The van der Waals surface area contributed by atoms with E-state index in [0.717, 1.165) is 17.3 Å². The summed E-state index contributed by atoms with van der Waals surface area (Å²) in [7, 11) is 0. The van der Waals surface area contributed by atoms with Crippen molar-refractivity contribution in [2.75, 3.05) is 11.4 Å². The van der Waals surface area contributed by atoms with E-state index in [2.05, 4.69) is 30.2 Å². The smallest absolute Gasteiger partial charge is 0.402 e. The third-order valence-corrected chi connectivity index (χ3v) is 5.90. The van der Waals surface area contributed by atoms with Crippen LogP contribution in [0.3, 0.4) is 0 Å². The molecule has 0 aromatic carbocycles. The second-order valence-corrected chi connectivity index (χ2v) is 7.99. The number of fused-ring (bicyclic) bond motifs is 2. The third-order valence-electron chi connectivity index (χ3n) is 5.90. The topological polar surface area (TPSA) is 101 Å². The van der Waals surface area contributed by atoms with Crippen molar-refractivity contribution >= 4 is 11.5 Å². The third kappa shape index (κ3) is 3.21. The van der Waals surface area contributed by atoms with Crippen LogP contribution in [0.4, 0.5) is 19.2 Å². The van der Waals surface area contributed by atoms with E-state index in [1.807, 2.05) is 24.0 Å². The van der Waals surface area contributed by atoms with Crippen molar-refractivity contribution in [2.24, 2.45) is 0 Å². The van der Waals surface area contributed by atoms with Crippen LogP contribution in [0.2, 0.25) is 0 Å². The zero-order chi connectivity index (χ0) is 23.4. The Morgan fingerprint density at radius 2 is 2.03 bits per heavy atom. The minimum atomic E-state index is -4.51. The van der Waals surface area contributed by atoms with Gasteiger partial charge in [-0.2, -0.15) is 18.3 Å². The van der Waals surface area contributed by atoms with E-state index in [-0.39, 0.29) is 17.4 Å². The van der Waals surface area contributed by atoms with Crippen molar-refractivity contribution in [3.8, 4) is 11.6 Å². The number of aryl methyl sites for hydroxylation is 1. The van der Waals surface area contributed by atoms with Gasteiger partial charge in [0, 0.05) is 31.1 Å². The van der Waals surface area contributed by atoms with Gasteiger partial charge < -0.3 is 14.3 Å². The SMILES string of the molecule is Cc1cccnc1-c1nnc(N2CCc3[nH]cnc3C2c2cc3c(C(F)(F)F)cccn3n2)o1. The second kappa shape index (κ2) is 7.40. The number of hydrogen-bond acceptors (Lipinski definition) is 7. The maximum Gasteiger partial charge on any atom is 0.418 e. The molecule has 6 rings (SSSR count). The molecule has 6 heterocycles. The van der Waals surface area contributed by atoms with Gasteiger partial charge in [-0.3, -0.25) is 4.98 Å². The van der Waals surface area contributed by atoms with Crippen LogP contribution in [-0.4, -0.2) is 41.3 Å². The molecule has 0 saturated heterocycles. The number of alkyl halides is 3. The van der Waals surface area contributed by atoms with Crippen LogP contribution in [-0.2, 0) is 12.6 Å². The minimum Gasteiger partial charge on any atom is -0.402 e. The molecule has 0 bridgehead atoms. The van der Waals surface area contributed by atoms with Crippen LogP contribution < -0.4 is 4.90 Å². The molecule has 5 aromatic heterocycles. The van der Waals surface area contributed by atoms with Gasteiger partial charge in [0.25, 0.3) is 5.89 Å². The van der Waals surface area contributed by atoms with E-state index in [9.17, 15) is 13.2 Å². The first kappa shape index (κ1) is 20.4. The van der Waals surface area contributed by atoms with E-state index < -0.39 is 17.8 Å². The summed E-state index contributed by atoms with van der Waals surface area (Å²) in [5.74, 6) is 0.258. The van der Waals surface area contributed by atoms with Crippen molar-refractivity contribution in [1.29, 1.82) is 0 Å². The number of anilines is 1. The van der Waals surface area contributed by atoms with E-state index in [4.69, 9.17) is 4.42 Å². The van der Waals surface area contributed by atoms with Gasteiger partial charge in [0.1, 0.15) is 11.7 Å². The lowest BCUT2D eigenvalue weighted by molar-refractivity contribution is -0.136. The number of hydrogen-bond donors (Lipinski definition) is 1. The monoisotopic (exact) mass is 466 g/mol. The molecule has 1 N–H and O–H groups in total. The maximum atomic E-state index is 13.6. The fourth-order valence-electron chi connectivity index (χ4n) is 4.33. The Hall–Kier alpha value is -4.22. The molecule has 0 amide bonds. The van der Waals surface area contributed by atoms with Gasteiger partial charge in [-0.15, -0.1) is 5.10 Å². The van der Waals surface area contributed by atoms with Crippen LogP contribution in [0.1, 0.15) is 34.3 Å². The lowest BCUT2D eigenvalue weighted by atomic mass is 10.00. The minimum absolute atomic E-state index is 0.0389. The maximum absolute atomic E-state index is 13.6. The van der Waals surface area contributed by atoms with Crippen LogP contribution in [0.5, 0.6) is 0 Å². The molecule has 1 aliphatic rings. The number of aromatic nitrogens is 7. The van der Waals surface area contributed by atoms with E-state index in [1.165, 1.54) is 22.8 Å². The molecular formula is C22H17F3N8O. The highest BCUT2D eigenvalue weighted by molar-refractivity contribution is 5.59. The molecule has 5 aromatic rings. The summed E-state index contributed by atoms with van der Waals surface area (Å²) in [5, 5.41) is 12.8. The molecule has 0 saturated carbocycles. The largest absolute Gasteiger partial charge is 0.418 e. The Morgan fingerprint density at radius 1 is 1.15 bits per heavy atom. The molecule has 0 spiro atoms. The van der Waals surface area contributed by atoms with Crippen molar-refractivity contribution < 1.29 is 17.6 Å². The van der Waals surface area contributed by atoms with Crippen LogP contribution >= 0.6 is 0 Å². The second-order valence-electron chi connectivity index (χ2n) is 7.99. The first-order valence-electron chi connectivity index (χ1n) is 10.5. The molecule has 12 heteroatoms. The van der Waals surface area contributed by atoms with Gasteiger partial charge in [0.15, 0.2) is 0 Å². The first-order chi connectivity index (χ1) is 16.4. The number of pyridine rings is 2. The highest BCUT2D eigenvalue weighted by Gasteiger charge is 2.38. The highest BCUT2D eigenvalue weighted by atomic mass is 19.4. The van der Waals surface area contributed by atoms with Crippen LogP contribution in [0.25, 0.3) is 17.1 Å². The Morgan fingerprint density at radius 3 is 2.85 bits per heavy atom. The number of aromatic amines is 1. The van der Waals surface area contributed by atoms with Gasteiger partial charge >= 0.3 is 12.2 Å². The lowest BCUT2D eigenvalue weighted by Crippen LogP contribution is -2.36.